The average molecular weight is 562 g/mol. The van der Waals surface area contributed by atoms with Gasteiger partial charge in [-0.3, -0.25) is 4.99 Å². The normalized spacial score (nSPS) is 19.9. The Bertz CT molecular complexity index is 687. The predicted octanol–water partition coefficient (Wildman–Crippen LogP) is 5.03. The van der Waals surface area contributed by atoms with Gasteiger partial charge in [0.05, 0.1) is 0 Å². The lowest BCUT2D eigenvalue weighted by Crippen LogP contribution is -2.48. The Kier molecular flexibility index (Phi) is 11.7. The molecule has 1 aliphatic carbocycles. The van der Waals surface area contributed by atoms with Gasteiger partial charge < -0.3 is 20.1 Å². The summed E-state index contributed by atoms with van der Waals surface area (Å²) in [6.07, 6.45) is 7.98. The van der Waals surface area contributed by atoms with Crippen molar-refractivity contribution < 1.29 is 13.9 Å². The molecular weight excluding hydrogens is 520 g/mol. The van der Waals surface area contributed by atoms with Crippen LogP contribution in [0.1, 0.15) is 64.4 Å². The van der Waals surface area contributed by atoms with E-state index < -0.39 is 0 Å². The minimum Gasteiger partial charge on any atom is -0.382 e. The van der Waals surface area contributed by atoms with Crippen LogP contribution in [0.2, 0.25) is 0 Å². The summed E-state index contributed by atoms with van der Waals surface area (Å²) in [6.45, 7) is 9.64. The second-order valence-corrected chi connectivity index (χ2v) is 9.10. The topological polar surface area (TPSA) is 54.9 Å². The summed E-state index contributed by atoms with van der Waals surface area (Å²) < 4.78 is 24.8. The lowest BCUT2D eigenvalue weighted by molar-refractivity contribution is 0.0513. The molecule has 7 heteroatoms. The lowest BCUT2D eigenvalue weighted by Gasteiger charge is -2.38. The molecule has 1 saturated carbocycles. The second-order valence-electron chi connectivity index (χ2n) is 9.10. The molecule has 3 rings (SSSR count). The van der Waals surface area contributed by atoms with Crippen LogP contribution in [0, 0.1) is 11.2 Å². The first-order valence-electron chi connectivity index (χ1n) is 12.1. The molecule has 0 atom stereocenters. The van der Waals surface area contributed by atoms with Crippen LogP contribution < -0.4 is 10.6 Å². The molecule has 1 saturated heterocycles. The minimum absolute atomic E-state index is 0. The van der Waals surface area contributed by atoms with Crippen molar-refractivity contribution in [2.24, 2.45) is 10.4 Å². The summed E-state index contributed by atoms with van der Waals surface area (Å²) >= 11 is 0. The molecule has 1 aromatic carbocycles. The van der Waals surface area contributed by atoms with Crippen LogP contribution in [0.15, 0.2) is 29.3 Å². The van der Waals surface area contributed by atoms with E-state index >= 15 is 0 Å². The number of nitrogens with zero attached hydrogens (tertiary/aromatic N) is 1. The molecular formula is C25H41FIN3O2. The zero-order valence-electron chi connectivity index (χ0n) is 19.8. The maximum absolute atomic E-state index is 13.5. The number of aliphatic imine (C=N–C) groups is 1. The fourth-order valence-corrected chi connectivity index (χ4v) is 5.02. The van der Waals surface area contributed by atoms with Gasteiger partial charge in [-0.05, 0) is 69.1 Å². The van der Waals surface area contributed by atoms with Gasteiger partial charge in [0.25, 0.3) is 0 Å². The van der Waals surface area contributed by atoms with Crippen molar-refractivity contribution in [2.75, 3.05) is 46.1 Å². The van der Waals surface area contributed by atoms with Gasteiger partial charge in [-0.15, -0.1) is 24.0 Å². The Balaban J connectivity index is 0.00000363. The Labute approximate surface area is 210 Å². The van der Waals surface area contributed by atoms with Crippen LogP contribution in [0.4, 0.5) is 4.39 Å². The molecule has 1 heterocycles. The minimum atomic E-state index is -0.192. The Morgan fingerprint density at radius 2 is 1.75 bits per heavy atom. The highest BCUT2D eigenvalue weighted by Gasteiger charge is 2.36. The predicted molar refractivity (Wildman–Crippen MR) is 140 cm³/mol. The van der Waals surface area contributed by atoms with Gasteiger partial charge in [0, 0.05) is 51.5 Å². The molecule has 0 amide bonds. The van der Waals surface area contributed by atoms with E-state index in [0.29, 0.717) is 0 Å². The highest BCUT2D eigenvalue weighted by Crippen LogP contribution is 2.41. The van der Waals surface area contributed by atoms with E-state index in [1.54, 1.807) is 12.1 Å². The number of rotatable bonds is 10. The van der Waals surface area contributed by atoms with Crippen molar-refractivity contribution in [3.8, 4) is 0 Å². The first-order chi connectivity index (χ1) is 15.1. The number of hydrogen-bond acceptors (Lipinski definition) is 3. The molecule has 1 aliphatic heterocycles. The Morgan fingerprint density at radius 3 is 2.38 bits per heavy atom. The second kappa shape index (κ2) is 13.7. The number of hydrogen-bond donors (Lipinski definition) is 2. The molecule has 0 radical (unpaired) electrons. The maximum atomic E-state index is 13.5. The zero-order chi connectivity index (χ0) is 22.0. The summed E-state index contributed by atoms with van der Waals surface area (Å²) in [6, 6.07) is 6.98. The summed E-state index contributed by atoms with van der Waals surface area (Å²) in [7, 11) is 0. The summed E-state index contributed by atoms with van der Waals surface area (Å²) in [4.78, 5) is 5.02. The monoisotopic (exact) mass is 561 g/mol. The van der Waals surface area contributed by atoms with Crippen LogP contribution in [-0.4, -0.2) is 52.0 Å². The van der Waals surface area contributed by atoms with E-state index in [0.717, 1.165) is 71.3 Å². The number of nitrogens with one attached hydrogen (secondary N) is 2. The van der Waals surface area contributed by atoms with Gasteiger partial charge in [0.1, 0.15) is 5.82 Å². The Hall–Kier alpha value is -0.930. The number of halogens is 2. The molecule has 2 fully saturated rings. The van der Waals surface area contributed by atoms with Gasteiger partial charge in [-0.25, -0.2) is 4.39 Å². The third-order valence-electron chi connectivity index (χ3n) is 7.06. The van der Waals surface area contributed by atoms with Gasteiger partial charge in [-0.2, -0.15) is 0 Å². The highest BCUT2D eigenvalue weighted by molar-refractivity contribution is 14.0. The molecule has 0 bridgehead atoms. The van der Waals surface area contributed by atoms with Crippen LogP contribution in [-0.2, 0) is 14.9 Å². The standard InChI is InChI=1S/C25H40FN3O2.HI/c1-3-27-23(28-19-24(11-5-6-12-24)13-16-30-4-2)29-20-25(14-17-31-18-15-25)21-7-9-22(26)10-8-21;/h7-10H,3-6,11-20H2,1-2H3,(H2,27,28,29);1H. The first kappa shape index (κ1) is 27.3. The molecule has 32 heavy (non-hydrogen) atoms. The molecule has 0 aromatic heterocycles. The number of benzene rings is 1. The van der Waals surface area contributed by atoms with Crippen molar-refractivity contribution in [2.45, 2.75) is 64.2 Å². The van der Waals surface area contributed by atoms with Crippen LogP contribution in [0.3, 0.4) is 0 Å². The van der Waals surface area contributed by atoms with E-state index in [-0.39, 0.29) is 40.6 Å². The number of ether oxygens (including phenoxy) is 2. The first-order valence-corrected chi connectivity index (χ1v) is 12.1. The SMILES string of the molecule is CCNC(=NCC1(CCOCC)CCCC1)NCC1(c2ccc(F)cc2)CCOCC1.I. The third-order valence-corrected chi connectivity index (χ3v) is 7.06. The van der Waals surface area contributed by atoms with E-state index in [9.17, 15) is 4.39 Å². The van der Waals surface area contributed by atoms with Crippen LogP contribution >= 0.6 is 24.0 Å². The zero-order valence-corrected chi connectivity index (χ0v) is 22.1. The van der Waals surface area contributed by atoms with E-state index in [4.69, 9.17) is 14.5 Å². The molecule has 1 aromatic rings. The maximum Gasteiger partial charge on any atom is 0.191 e. The third kappa shape index (κ3) is 7.55. The van der Waals surface area contributed by atoms with E-state index in [1.165, 1.54) is 31.2 Å². The van der Waals surface area contributed by atoms with Crippen molar-refractivity contribution in [1.29, 1.82) is 0 Å². The van der Waals surface area contributed by atoms with Gasteiger partial charge >= 0.3 is 0 Å². The molecule has 182 valence electrons. The van der Waals surface area contributed by atoms with Crippen molar-refractivity contribution >= 4 is 29.9 Å². The highest BCUT2D eigenvalue weighted by atomic mass is 127. The molecule has 2 N–H and O–H groups in total. The summed E-state index contributed by atoms with van der Waals surface area (Å²) in [5.41, 5.74) is 1.37. The number of guanidine groups is 1. The fourth-order valence-electron chi connectivity index (χ4n) is 5.02. The molecule has 2 aliphatic rings. The summed E-state index contributed by atoms with van der Waals surface area (Å²) in [5.74, 6) is 0.681. The largest absolute Gasteiger partial charge is 0.382 e. The molecule has 0 spiro atoms. The van der Waals surface area contributed by atoms with Crippen molar-refractivity contribution in [3.63, 3.8) is 0 Å². The van der Waals surface area contributed by atoms with E-state index in [1.807, 2.05) is 12.1 Å². The van der Waals surface area contributed by atoms with E-state index in [2.05, 4.69) is 24.5 Å². The molecule has 5 nitrogen and oxygen atoms in total. The fraction of sp³-hybridized carbons (Fsp3) is 0.720. The smallest absolute Gasteiger partial charge is 0.191 e. The van der Waals surface area contributed by atoms with Crippen molar-refractivity contribution in [3.05, 3.63) is 35.6 Å². The van der Waals surface area contributed by atoms with Crippen LogP contribution in [0.25, 0.3) is 0 Å². The lowest BCUT2D eigenvalue weighted by atomic mass is 9.74. The van der Waals surface area contributed by atoms with Gasteiger partial charge in [0.2, 0.25) is 0 Å². The average Bonchev–Trinajstić information content (AvgIpc) is 3.26. The quantitative estimate of drug-likeness (QED) is 0.182. The van der Waals surface area contributed by atoms with Gasteiger partial charge in [0.15, 0.2) is 5.96 Å². The molecule has 0 unspecified atom stereocenters. The van der Waals surface area contributed by atoms with Crippen molar-refractivity contribution in [1.82, 2.24) is 10.6 Å². The van der Waals surface area contributed by atoms with Gasteiger partial charge in [-0.1, -0.05) is 25.0 Å². The summed E-state index contributed by atoms with van der Waals surface area (Å²) in [5, 5.41) is 7.04. The Morgan fingerprint density at radius 1 is 1.06 bits per heavy atom. The van der Waals surface area contributed by atoms with Crippen LogP contribution in [0.5, 0.6) is 0 Å².